The molecule has 0 bridgehead atoms. The van der Waals surface area contributed by atoms with Crippen molar-refractivity contribution in [3.8, 4) is 11.1 Å². The molecule has 26 heavy (non-hydrogen) atoms. The lowest BCUT2D eigenvalue weighted by Gasteiger charge is -2.12. The Morgan fingerprint density at radius 3 is 2.77 bits per heavy atom. The van der Waals surface area contributed by atoms with Crippen LogP contribution in [0, 0.1) is 0 Å². The standard InChI is InChI=1S/C23H25NOS/c1-3-18(8-11-23(5-1)25-16-22-4-2-13-24-22)15-19-6-9-20(10-7-19)21-12-14-26-17-21/h1,5-12,14,17,22,24H,2-4,13,15-16H2/t22-/m0/s1. The Morgan fingerprint density at radius 1 is 1.08 bits per heavy atom. The summed E-state index contributed by atoms with van der Waals surface area (Å²) in [6.07, 6.45) is 13.1. The summed E-state index contributed by atoms with van der Waals surface area (Å²) in [5.41, 5.74) is 5.37. The van der Waals surface area contributed by atoms with Gasteiger partial charge in [-0.25, -0.2) is 0 Å². The number of nitrogens with one attached hydrogen (secondary N) is 1. The molecule has 1 saturated heterocycles. The van der Waals surface area contributed by atoms with Crippen LogP contribution in [0.25, 0.3) is 11.1 Å². The second-order valence-corrected chi connectivity index (χ2v) is 7.77. The molecule has 2 aromatic rings. The molecule has 2 heterocycles. The van der Waals surface area contributed by atoms with Crippen molar-refractivity contribution in [2.24, 2.45) is 0 Å². The highest BCUT2D eigenvalue weighted by molar-refractivity contribution is 7.08. The highest BCUT2D eigenvalue weighted by Gasteiger charge is 2.14. The quantitative estimate of drug-likeness (QED) is 0.732. The lowest BCUT2D eigenvalue weighted by molar-refractivity contribution is 0.197. The van der Waals surface area contributed by atoms with E-state index in [2.05, 4.69) is 70.7 Å². The number of benzene rings is 1. The van der Waals surface area contributed by atoms with Crippen LogP contribution in [0.4, 0.5) is 0 Å². The molecule has 1 atom stereocenters. The van der Waals surface area contributed by atoms with Crippen LogP contribution in [-0.4, -0.2) is 19.2 Å². The van der Waals surface area contributed by atoms with Gasteiger partial charge in [0.05, 0.1) is 0 Å². The minimum atomic E-state index is 0.512. The molecule has 1 aliphatic heterocycles. The molecule has 1 aromatic heterocycles. The van der Waals surface area contributed by atoms with Crippen LogP contribution in [0.1, 0.15) is 24.8 Å². The molecule has 1 N–H and O–H groups in total. The maximum Gasteiger partial charge on any atom is 0.119 e. The summed E-state index contributed by atoms with van der Waals surface area (Å²) >= 11 is 1.74. The van der Waals surface area contributed by atoms with Gasteiger partial charge in [-0.05, 0) is 77.9 Å². The zero-order chi connectivity index (χ0) is 17.6. The Kier molecular flexibility index (Phi) is 5.68. The summed E-state index contributed by atoms with van der Waals surface area (Å²) in [6, 6.07) is 11.6. The zero-order valence-corrected chi connectivity index (χ0v) is 15.8. The smallest absolute Gasteiger partial charge is 0.119 e. The fourth-order valence-electron chi connectivity index (χ4n) is 3.48. The first-order valence-corrected chi connectivity index (χ1v) is 10.3. The normalized spacial score (nSPS) is 19.8. The maximum absolute atomic E-state index is 5.97. The Labute approximate surface area is 159 Å². The molecule has 1 aromatic carbocycles. The number of allylic oxidation sites excluding steroid dienone is 5. The molecule has 4 rings (SSSR count). The van der Waals surface area contributed by atoms with E-state index in [4.69, 9.17) is 4.74 Å². The third kappa shape index (κ3) is 4.54. The predicted octanol–water partition coefficient (Wildman–Crippen LogP) is 5.50. The molecule has 134 valence electrons. The van der Waals surface area contributed by atoms with Crippen molar-refractivity contribution in [3.05, 3.63) is 82.3 Å². The fraction of sp³-hybridized carbons (Fsp3) is 0.304. The number of ether oxygens (including phenoxy) is 1. The first-order valence-electron chi connectivity index (χ1n) is 9.41. The van der Waals surface area contributed by atoms with E-state index in [0.717, 1.165) is 31.8 Å². The van der Waals surface area contributed by atoms with E-state index >= 15 is 0 Å². The summed E-state index contributed by atoms with van der Waals surface area (Å²) in [5, 5.41) is 7.80. The largest absolute Gasteiger partial charge is 0.492 e. The summed E-state index contributed by atoms with van der Waals surface area (Å²) in [7, 11) is 0. The highest BCUT2D eigenvalue weighted by atomic mass is 32.1. The second-order valence-electron chi connectivity index (χ2n) is 6.99. The molecule has 0 amide bonds. The van der Waals surface area contributed by atoms with E-state index in [1.54, 1.807) is 11.3 Å². The number of thiophene rings is 1. The van der Waals surface area contributed by atoms with Gasteiger partial charge in [-0.1, -0.05) is 42.0 Å². The van der Waals surface area contributed by atoms with Crippen LogP contribution in [0.3, 0.4) is 0 Å². The van der Waals surface area contributed by atoms with Gasteiger partial charge in [-0.15, -0.1) is 0 Å². The number of hydrogen-bond donors (Lipinski definition) is 1. The summed E-state index contributed by atoms with van der Waals surface area (Å²) in [5.74, 6) is 0.974. The Hall–Kier alpha value is -2.10. The summed E-state index contributed by atoms with van der Waals surface area (Å²) in [4.78, 5) is 0. The van der Waals surface area contributed by atoms with Crippen molar-refractivity contribution in [3.63, 3.8) is 0 Å². The van der Waals surface area contributed by atoms with Gasteiger partial charge in [0.1, 0.15) is 12.4 Å². The SMILES string of the molecule is C1=CC(OC[C@@H]2CCCN2)=CC=C(Cc2ccc(-c3ccsc3)cc2)C1. The van der Waals surface area contributed by atoms with Crippen molar-refractivity contribution < 1.29 is 4.74 Å². The van der Waals surface area contributed by atoms with Gasteiger partial charge < -0.3 is 10.1 Å². The van der Waals surface area contributed by atoms with Gasteiger partial charge in [-0.2, -0.15) is 11.3 Å². The summed E-state index contributed by atoms with van der Waals surface area (Å²) in [6.45, 7) is 1.89. The third-order valence-electron chi connectivity index (χ3n) is 5.00. The molecule has 1 fully saturated rings. The van der Waals surface area contributed by atoms with Gasteiger partial charge in [0.15, 0.2) is 0 Å². The zero-order valence-electron chi connectivity index (χ0n) is 15.0. The van der Waals surface area contributed by atoms with E-state index in [1.165, 1.54) is 35.1 Å². The lowest BCUT2D eigenvalue weighted by atomic mass is 10.00. The first kappa shape index (κ1) is 17.3. The third-order valence-corrected chi connectivity index (χ3v) is 5.68. The minimum absolute atomic E-state index is 0.512. The number of hydrogen-bond acceptors (Lipinski definition) is 3. The minimum Gasteiger partial charge on any atom is -0.492 e. The molecule has 0 radical (unpaired) electrons. The monoisotopic (exact) mass is 363 g/mol. The van der Waals surface area contributed by atoms with Crippen LogP contribution in [0.2, 0.25) is 0 Å². The fourth-order valence-corrected chi connectivity index (χ4v) is 4.14. The van der Waals surface area contributed by atoms with Gasteiger partial charge in [0.2, 0.25) is 0 Å². The second kappa shape index (κ2) is 8.52. The highest BCUT2D eigenvalue weighted by Crippen LogP contribution is 2.24. The van der Waals surface area contributed by atoms with Crippen molar-refractivity contribution in [2.75, 3.05) is 13.2 Å². The topological polar surface area (TPSA) is 21.3 Å². The average molecular weight is 364 g/mol. The molecular formula is C23H25NOS. The molecule has 2 nitrogen and oxygen atoms in total. The van der Waals surface area contributed by atoms with Crippen LogP contribution < -0.4 is 5.32 Å². The molecule has 1 aliphatic carbocycles. The van der Waals surface area contributed by atoms with Crippen LogP contribution >= 0.6 is 11.3 Å². The molecule has 0 unspecified atom stereocenters. The predicted molar refractivity (Wildman–Crippen MR) is 110 cm³/mol. The van der Waals surface area contributed by atoms with Crippen LogP contribution in [0.15, 0.2) is 76.7 Å². The average Bonchev–Trinajstić information content (AvgIpc) is 3.34. The van der Waals surface area contributed by atoms with E-state index < -0.39 is 0 Å². The van der Waals surface area contributed by atoms with Crippen molar-refractivity contribution in [2.45, 2.75) is 31.7 Å². The first-order chi connectivity index (χ1) is 12.9. The maximum atomic E-state index is 5.97. The summed E-state index contributed by atoms with van der Waals surface area (Å²) < 4.78 is 5.97. The van der Waals surface area contributed by atoms with Crippen molar-refractivity contribution in [1.29, 1.82) is 0 Å². The Morgan fingerprint density at radius 2 is 2.00 bits per heavy atom. The van der Waals surface area contributed by atoms with Gasteiger partial charge in [0.25, 0.3) is 0 Å². The molecule has 2 aliphatic rings. The Bertz CT molecular complexity index is 793. The Balaban J connectivity index is 1.36. The van der Waals surface area contributed by atoms with Crippen LogP contribution in [0.5, 0.6) is 0 Å². The van der Waals surface area contributed by atoms with Gasteiger partial charge >= 0.3 is 0 Å². The van der Waals surface area contributed by atoms with Crippen molar-refractivity contribution >= 4 is 11.3 Å². The van der Waals surface area contributed by atoms with Gasteiger partial charge in [-0.3, -0.25) is 0 Å². The van der Waals surface area contributed by atoms with Crippen molar-refractivity contribution in [1.82, 2.24) is 5.32 Å². The molecule has 3 heteroatoms. The number of rotatable bonds is 6. The van der Waals surface area contributed by atoms with E-state index in [-0.39, 0.29) is 0 Å². The van der Waals surface area contributed by atoms with E-state index in [1.807, 2.05) is 0 Å². The van der Waals surface area contributed by atoms with Gasteiger partial charge in [0, 0.05) is 6.04 Å². The molecular weight excluding hydrogens is 338 g/mol. The van der Waals surface area contributed by atoms with E-state index in [9.17, 15) is 0 Å². The van der Waals surface area contributed by atoms with Crippen LogP contribution in [-0.2, 0) is 11.2 Å². The van der Waals surface area contributed by atoms with E-state index in [0.29, 0.717) is 6.04 Å². The molecule has 0 spiro atoms. The lowest BCUT2D eigenvalue weighted by Crippen LogP contribution is -2.26. The molecule has 0 saturated carbocycles.